The summed E-state index contributed by atoms with van der Waals surface area (Å²) in [7, 11) is 1.40. The Labute approximate surface area is 155 Å². The predicted octanol–water partition coefficient (Wildman–Crippen LogP) is 2.91. The van der Waals surface area contributed by atoms with Crippen molar-refractivity contribution >= 4 is 0 Å². The van der Waals surface area contributed by atoms with Crippen molar-refractivity contribution in [1.82, 2.24) is 0 Å². The molecule has 0 saturated carbocycles. The molecule has 0 radical (unpaired) electrons. The molecule has 5 nitrogen and oxygen atoms in total. The lowest BCUT2D eigenvalue weighted by atomic mass is 9.99. The fourth-order valence-electron chi connectivity index (χ4n) is 3.00. The second-order valence-corrected chi connectivity index (χ2v) is 6.31. The first kappa shape index (κ1) is 17.6. The minimum atomic E-state index is -2.10. The van der Waals surface area contributed by atoms with Crippen LogP contribution in [0, 0.1) is 0 Å². The summed E-state index contributed by atoms with van der Waals surface area (Å²) in [6.07, 6.45) is -5.19. The summed E-state index contributed by atoms with van der Waals surface area (Å²) in [4.78, 5) is 0. The topological polar surface area (TPSA) is 57.2 Å². The third-order valence-electron chi connectivity index (χ3n) is 4.40. The van der Waals surface area contributed by atoms with Crippen molar-refractivity contribution < 1.29 is 25.4 Å². The van der Waals surface area contributed by atoms with E-state index >= 15 is 0 Å². The highest BCUT2D eigenvalue weighted by molar-refractivity contribution is 5.14. The van der Waals surface area contributed by atoms with Crippen molar-refractivity contribution in [3.05, 3.63) is 71.8 Å². The zero-order chi connectivity index (χ0) is 19.3. The van der Waals surface area contributed by atoms with Crippen LogP contribution in [0.3, 0.4) is 0 Å². The van der Waals surface area contributed by atoms with Crippen LogP contribution in [-0.4, -0.2) is 42.9 Å². The normalized spacial score (nSPS) is 32.2. The molecule has 1 saturated heterocycles. The Morgan fingerprint density at radius 1 is 0.923 bits per heavy atom. The van der Waals surface area contributed by atoms with Gasteiger partial charge < -0.3 is 24.1 Å². The van der Waals surface area contributed by atoms with Crippen LogP contribution in [0.4, 0.5) is 0 Å². The molecule has 0 aromatic heterocycles. The van der Waals surface area contributed by atoms with Crippen LogP contribution in [0.5, 0.6) is 0 Å². The van der Waals surface area contributed by atoms with Crippen LogP contribution in [-0.2, 0) is 32.2 Å². The summed E-state index contributed by atoms with van der Waals surface area (Å²) in [6, 6.07) is 19.3. The van der Waals surface area contributed by atoms with Crippen LogP contribution in [0.25, 0.3) is 0 Å². The average Bonchev–Trinajstić information content (AvgIpc) is 2.69. The molecule has 0 unspecified atom stereocenters. The molecule has 2 aromatic rings. The zero-order valence-corrected chi connectivity index (χ0v) is 15.1. The van der Waals surface area contributed by atoms with Gasteiger partial charge in [-0.1, -0.05) is 60.7 Å². The first-order valence-electron chi connectivity index (χ1n) is 9.24. The number of hydrogen-bond acceptors (Lipinski definition) is 5. The lowest BCUT2D eigenvalue weighted by molar-refractivity contribution is -0.303. The van der Waals surface area contributed by atoms with Gasteiger partial charge >= 0.3 is 0 Å². The van der Waals surface area contributed by atoms with Crippen molar-refractivity contribution in [2.45, 2.75) is 50.8 Å². The number of ether oxygens (including phenoxy) is 4. The van der Waals surface area contributed by atoms with Gasteiger partial charge in [0.2, 0.25) is 0 Å². The van der Waals surface area contributed by atoms with Crippen LogP contribution in [0.2, 0.25) is 0 Å². The molecule has 5 heteroatoms. The molecule has 1 N–H and O–H groups in total. The summed E-state index contributed by atoms with van der Waals surface area (Å²) in [5.41, 5.74) is 1.94. The minimum Gasteiger partial charge on any atom is -0.385 e. The molecule has 1 fully saturated rings. The Balaban J connectivity index is 1.76. The van der Waals surface area contributed by atoms with E-state index in [1.165, 1.54) is 7.11 Å². The Hall–Kier alpha value is -1.76. The number of methoxy groups -OCH3 is 1. The summed E-state index contributed by atoms with van der Waals surface area (Å²) in [5.74, 6) is 0. The molecule has 0 bridgehead atoms. The molecule has 140 valence electrons. The number of aliphatic hydroxyl groups is 1. The molecule has 1 heterocycles. The lowest BCUT2D eigenvalue weighted by Gasteiger charge is -2.42. The smallest absolute Gasteiger partial charge is 0.186 e. The Bertz CT molecular complexity index is 694. The van der Waals surface area contributed by atoms with Gasteiger partial charge in [-0.05, 0) is 18.1 Å². The van der Waals surface area contributed by atoms with Crippen molar-refractivity contribution in [3.63, 3.8) is 0 Å². The van der Waals surface area contributed by atoms with E-state index in [0.717, 1.165) is 11.1 Å². The standard InChI is InChI=1S/C21H26O5/c1-15-19(24-13-16-9-5-3-6-10-16)20(18(22)21(23-2)26-15)25-14-17-11-7-4-8-12-17/h3-12,15,18-22H,13-14H2,1-2H3/t15-,18+,19-,20-,21+/m0/s1/i18D. The first-order chi connectivity index (χ1) is 13.0. The van der Waals surface area contributed by atoms with Crippen molar-refractivity contribution in [3.8, 4) is 0 Å². The van der Waals surface area contributed by atoms with Gasteiger partial charge in [0, 0.05) is 7.11 Å². The van der Waals surface area contributed by atoms with Crippen LogP contribution >= 0.6 is 0 Å². The van der Waals surface area contributed by atoms with E-state index in [0.29, 0.717) is 6.61 Å². The largest absolute Gasteiger partial charge is 0.385 e. The van der Waals surface area contributed by atoms with E-state index in [1.54, 1.807) is 0 Å². The molecule has 1 aliphatic heterocycles. The van der Waals surface area contributed by atoms with Crippen LogP contribution in [0.1, 0.15) is 19.4 Å². The maximum Gasteiger partial charge on any atom is 0.186 e. The third kappa shape index (κ3) is 4.69. The molecular formula is C21H26O5. The average molecular weight is 359 g/mol. The summed E-state index contributed by atoms with van der Waals surface area (Å²) in [6.45, 7) is 2.41. The second kappa shape index (κ2) is 9.26. The SMILES string of the molecule is [2H][C@]1(O)[C@H](OC)O[C@@H](C)[C@H](OCc2ccccc2)[C@H]1OCc1ccccc1. The highest BCUT2D eigenvalue weighted by Crippen LogP contribution is 2.27. The number of benzene rings is 2. The summed E-state index contributed by atoms with van der Waals surface area (Å²) >= 11 is 0. The summed E-state index contributed by atoms with van der Waals surface area (Å²) in [5, 5.41) is 10.8. The summed E-state index contributed by atoms with van der Waals surface area (Å²) < 4.78 is 31.2. The highest BCUT2D eigenvalue weighted by atomic mass is 16.7. The van der Waals surface area contributed by atoms with E-state index in [-0.39, 0.29) is 6.61 Å². The molecule has 5 atom stereocenters. The van der Waals surface area contributed by atoms with Gasteiger partial charge in [0.25, 0.3) is 0 Å². The van der Waals surface area contributed by atoms with Crippen LogP contribution in [0.15, 0.2) is 60.7 Å². The molecule has 0 aliphatic carbocycles. The van der Waals surface area contributed by atoms with E-state index in [2.05, 4.69) is 0 Å². The Morgan fingerprint density at radius 2 is 1.42 bits per heavy atom. The van der Waals surface area contributed by atoms with Crippen molar-refractivity contribution in [2.75, 3.05) is 7.11 Å². The van der Waals surface area contributed by atoms with Gasteiger partial charge in [0.15, 0.2) is 6.29 Å². The molecule has 1 aliphatic rings. The zero-order valence-electron chi connectivity index (χ0n) is 16.1. The van der Waals surface area contributed by atoms with Gasteiger partial charge in [-0.3, -0.25) is 0 Å². The second-order valence-electron chi connectivity index (χ2n) is 6.31. The monoisotopic (exact) mass is 359 g/mol. The molecule has 2 aromatic carbocycles. The van der Waals surface area contributed by atoms with E-state index in [1.807, 2.05) is 67.6 Å². The number of hydrogen-bond donors (Lipinski definition) is 1. The van der Waals surface area contributed by atoms with Gasteiger partial charge in [0.1, 0.15) is 18.3 Å². The van der Waals surface area contributed by atoms with E-state index in [4.69, 9.17) is 20.3 Å². The molecule has 0 amide bonds. The molecular weight excluding hydrogens is 332 g/mol. The van der Waals surface area contributed by atoms with Crippen molar-refractivity contribution in [2.24, 2.45) is 0 Å². The number of rotatable bonds is 7. The fourth-order valence-corrected chi connectivity index (χ4v) is 3.00. The Kier molecular flexibility index (Phi) is 6.28. The lowest BCUT2D eigenvalue weighted by Crippen LogP contribution is -2.58. The molecule has 26 heavy (non-hydrogen) atoms. The first-order valence-corrected chi connectivity index (χ1v) is 8.74. The van der Waals surface area contributed by atoms with Gasteiger partial charge in [0.05, 0.1) is 20.7 Å². The van der Waals surface area contributed by atoms with Gasteiger partial charge in [-0.2, -0.15) is 0 Å². The van der Waals surface area contributed by atoms with Gasteiger partial charge in [-0.25, -0.2) is 0 Å². The van der Waals surface area contributed by atoms with Crippen molar-refractivity contribution in [1.29, 1.82) is 0 Å². The quantitative estimate of drug-likeness (QED) is 0.824. The Morgan fingerprint density at radius 3 is 1.92 bits per heavy atom. The van der Waals surface area contributed by atoms with E-state index < -0.39 is 30.7 Å². The molecule has 3 rings (SSSR count). The predicted molar refractivity (Wildman–Crippen MR) is 97.4 cm³/mol. The molecule has 0 spiro atoms. The van der Waals surface area contributed by atoms with Gasteiger partial charge in [-0.15, -0.1) is 0 Å². The van der Waals surface area contributed by atoms with Crippen LogP contribution < -0.4 is 0 Å². The fraction of sp³-hybridized carbons (Fsp3) is 0.429. The third-order valence-corrected chi connectivity index (χ3v) is 4.40. The minimum absolute atomic E-state index is 0.251. The van der Waals surface area contributed by atoms with E-state index in [9.17, 15) is 5.11 Å². The highest BCUT2D eigenvalue weighted by Gasteiger charge is 2.45. The maximum absolute atomic E-state index is 10.8. The maximum atomic E-state index is 10.8.